The Morgan fingerprint density at radius 3 is 2.17 bits per heavy atom. The Bertz CT molecular complexity index is 1400. The maximum absolute atomic E-state index is 13.1. The number of alkyl halides is 2. The number of hydrogen-bond acceptors (Lipinski definition) is 9. The smallest absolute Gasteiger partial charge is 0.323 e. The molecule has 0 spiro atoms. The van der Waals surface area contributed by atoms with Crippen molar-refractivity contribution in [3.05, 3.63) is 77.4 Å². The van der Waals surface area contributed by atoms with Gasteiger partial charge in [0.05, 0.1) is 31.8 Å². The number of piperazine rings is 2. The lowest BCUT2D eigenvalue weighted by atomic mass is 9.81. The first-order valence-electron chi connectivity index (χ1n) is 16.1. The molecule has 1 aromatic heterocycles. The molecule has 2 saturated heterocycles. The van der Waals surface area contributed by atoms with E-state index in [1.54, 1.807) is 7.11 Å². The minimum Gasteiger partial charge on any atom is -0.481 e. The average molecular weight is 654 g/mol. The molecule has 2 aliphatic heterocycles. The van der Waals surface area contributed by atoms with Crippen molar-refractivity contribution in [2.75, 3.05) is 60.2 Å². The molecule has 2 aromatic carbocycles. The molecule has 3 heterocycles. The first-order chi connectivity index (χ1) is 22.8. The quantitative estimate of drug-likeness (QED) is 0.250. The Morgan fingerprint density at radius 1 is 0.915 bits per heavy atom. The number of amides is 1. The minimum absolute atomic E-state index is 0.0546. The summed E-state index contributed by atoms with van der Waals surface area (Å²) in [6.07, 6.45) is -2.57. The molecule has 5 rings (SSSR count). The van der Waals surface area contributed by atoms with Gasteiger partial charge in [-0.05, 0) is 25.0 Å². The van der Waals surface area contributed by atoms with Gasteiger partial charge < -0.3 is 23.8 Å². The molecule has 2 aliphatic rings. The zero-order valence-electron chi connectivity index (χ0n) is 27.6. The van der Waals surface area contributed by atoms with Crippen LogP contribution in [0.4, 0.5) is 8.78 Å². The summed E-state index contributed by atoms with van der Waals surface area (Å²) < 4.78 is 48.0. The van der Waals surface area contributed by atoms with Crippen molar-refractivity contribution in [2.24, 2.45) is 0 Å². The molecule has 0 saturated carbocycles. The second-order valence-corrected chi connectivity index (χ2v) is 12.2. The van der Waals surface area contributed by atoms with E-state index in [1.807, 2.05) is 30.9 Å². The number of hydrogen-bond donors (Lipinski definition) is 0. The van der Waals surface area contributed by atoms with E-state index in [-0.39, 0.29) is 47.8 Å². The van der Waals surface area contributed by atoms with Gasteiger partial charge in [0.15, 0.2) is 6.61 Å². The van der Waals surface area contributed by atoms with Gasteiger partial charge in [0.25, 0.3) is 6.43 Å². The largest absolute Gasteiger partial charge is 0.481 e. The third-order valence-corrected chi connectivity index (χ3v) is 8.61. The second kappa shape index (κ2) is 16.3. The molecule has 2 fully saturated rings. The highest BCUT2D eigenvalue weighted by Crippen LogP contribution is 2.37. The first-order valence-corrected chi connectivity index (χ1v) is 16.1. The fraction of sp³-hybridized carbons (Fsp3) is 0.514. The summed E-state index contributed by atoms with van der Waals surface area (Å²) in [5.41, 5.74) is 3.04. The number of aromatic nitrogens is 2. The Kier molecular flexibility index (Phi) is 12.0. The van der Waals surface area contributed by atoms with Crippen LogP contribution in [0.3, 0.4) is 0 Å². The highest BCUT2D eigenvalue weighted by molar-refractivity contribution is 5.76. The van der Waals surface area contributed by atoms with Crippen LogP contribution in [-0.4, -0.2) is 115 Å². The van der Waals surface area contributed by atoms with E-state index in [0.717, 1.165) is 6.54 Å². The summed E-state index contributed by atoms with van der Waals surface area (Å²) in [6, 6.07) is 21.0. The summed E-state index contributed by atoms with van der Waals surface area (Å²) in [6.45, 7) is 7.05. The van der Waals surface area contributed by atoms with E-state index in [4.69, 9.17) is 18.9 Å². The number of ether oxygens (including phenoxy) is 4. The predicted molar refractivity (Wildman–Crippen MR) is 173 cm³/mol. The maximum Gasteiger partial charge on any atom is 0.323 e. The molecule has 0 radical (unpaired) electrons. The van der Waals surface area contributed by atoms with Crippen molar-refractivity contribution in [1.29, 1.82) is 0 Å². The van der Waals surface area contributed by atoms with Crippen LogP contribution in [0.2, 0.25) is 0 Å². The van der Waals surface area contributed by atoms with E-state index in [9.17, 15) is 13.6 Å². The molecular weight excluding hydrogens is 608 g/mol. The van der Waals surface area contributed by atoms with Crippen molar-refractivity contribution in [2.45, 2.75) is 57.3 Å². The van der Waals surface area contributed by atoms with E-state index >= 15 is 0 Å². The van der Waals surface area contributed by atoms with Gasteiger partial charge in [0.1, 0.15) is 0 Å². The van der Waals surface area contributed by atoms with Gasteiger partial charge in [0.2, 0.25) is 17.7 Å². The minimum atomic E-state index is -2.68. The summed E-state index contributed by atoms with van der Waals surface area (Å²) in [4.78, 5) is 28.7. The van der Waals surface area contributed by atoms with Crippen LogP contribution in [0, 0.1) is 0 Å². The predicted octanol–water partition coefficient (Wildman–Crippen LogP) is 4.48. The molecule has 47 heavy (non-hydrogen) atoms. The maximum atomic E-state index is 13.1. The SMILES string of the molecule is COCCC(=O)N1CCN2[C@H](CN(Cc3c(OC)nc(OCC(F)F)nc3OC(C)C)C[C@H]2C(c2ccccc2)c2ccccc2)C1. The van der Waals surface area contributed by atoms with Gasteiger partial charge in [-0.1, -0.05) is 60.7 Å². The molecule has 3 aromatic rings. The molecule has 10 nitrogen and oxygen atoms in total. The number of rotatable bonds is 14. The van der Waals surface area contributed by atoms with Crippen molar-refractivity contribution in [1.82, 2.24) is 24.7 Å². The highest BCUT2D eigenvalue weighted by Gasteiger charge is 2.43. The standard InChI is InChI=1S/C35H45F2N5O5/c1-24(2)47-34-28(33(45-4)38-35(39-34)46-23-30(36)37)21-40-19-27-20-41(31(43)15-18-44-3)16-17-42(27)29(22-40)32(25-11-7-5-8-12-25)26-13-9-6-10-14-26/h5-14,24,27,29-30,32H,15-23H2,1-4H3/t27-,29+/m1/s1. The van der Waals surface area contributed by atoms with Gasteiger partial charge >= 0.3 is 6.01 Å². The summed E-state index contributed by atoms with van der Waals surface area (Å²) in [5.74, 6) is 0.595. The number of carbonyl (C=O) groups is 1. The highest BCUT2D eigenvalue weighted by atomic mass is 19.3. The zero-order chi connectivity index (χ0) is 33.3. The fourth-order valence-corrected chi connectivity index (χ4v) is 6.64. The van der Waals surface area contributed by atoms with Gasteiger partial charge in [-0.25, -0.2) is 8.78 Å². The summed E-state index contributed by atoms with van der Waals surface area (Å²) in [5, 5.41) is 0. The van der Waals surface area contributed by atoms with Crippen LogP contribution in [0.1, 0.15) is 42.9 Å². The Hall–Kier alpha value is -3.87. The van der Waals surface area contributed by atoms with Gasteiger partial charge in [-0.3, -0.25) is 14.6 Å². The van der Waals surface area contributed by atoms with E-state index in [2.05, 4.69) is 68.3 Å². The van der Waals surface area contributed by atoms with E-state index in [0.29, 0.717) is 51.3 Å². The molecule has 254 valence electrons. The lowest BCUT2D eigenvalue weighted by Gasteiger charge is -2.53. The van der Waals surface area contributed by atoms with E-state index in [1.165, 1.54) is 18.2 Å². The normalized spacial score (nSPS) is 18.9. The average Bonchev–Trinajstić information content (AvgIpc) is 3.07. The Labute approximate surface area is 275 Å². The third-order valence-electron chi connectivity index (χ3n) is 8.61. The van der Waals surface area contributed by atoms with Gasteiger partial charge in [0, 0.05) is 64.4 Å². The molecule has 0 N–H and O–H groups in total. The van der Waals surface area contributed by atoms with Gasteiger partial charge in [-0.2, -0.15) is 9.97 Å². The molecule has 0 unspecified atom stereocenters. The zero-order valence-corrected chi connectivity index (χ0v) is 27.6. The van der Waals surface area contributed by atoms with Crippen LogP contribution < -0.4 is 14.2 Å². The number of halogens is 2. The molecule has 12 heteroatoms. The number of fused-ring (bicyclic) bond motifs is 1. The van der Waals surface area contributed by atoms with Crippen LogP contribution in [0.15, 0.2) is 60.7 Å². The fourth-order valence-electron chi connectivity index (χ4n) is 6.64. The Balaban J connectivity index is 1.52. The van der Waals surface area contributed by atoms with Crippen molar-refractivity contribution >= 4 is 5.91 Å². The molecule has 2 atom stereocenters. The summed E-state index contributed by atoms with van der Waals surface area (Å²) in [7, 11) is 3.09. The molecule has 1 amide bonds. The number of nitrogens with zero attached hydrogens (tertiary/aromatic N) is 5. The lowest BCUT2D eigenvalue weighted by Crippen LogP contribution is -2.67. The first kappa shape index (κ1) is 34.5. The number of methoxy groups -OCH3 is 2. The lowest BCUT2D eigenvalue weighted by molar-refractivity contribution is -0.137. The van der Waals surface area contributed by atoms with Crippen LogP contribution >= 0.6 is 0 Å². The van der Waals surface area contributed by atoms with Crippen LogP contribution in [0.5, 0.6) is 17.8 Å². The second-order valence-electron chi connectivity index (χ2n) is 12.2. The van der Waals surface area contributed by atoms with Crippen molar-refractivity contribution in [3.8, 4) is 17.8 Å². The number of benzene rings is 2. The van der Waals surface area contributed by atoms with E-state index < -0.39 is 13.0 Å². The molecule has 0 bridgehead atoms. The third kappa shape index (κ3) is 8.74. The monoisotopic (exact) mass is 653 g/mol. The molecular formula is C35H45F2N5O5. The van der Waals surface area contributed by atoms with Gasteiger partial charge in [-0.15, -0.1) is 0 Å². The van der Waals surface area contributed by atoms with Crippen molar-refractivity contribution in [3.63, 3.8) is 0 Å². The van der Waals surface area contributed by atoms with Crippen LogP contribution in [-0.2, 0) is 16.1 Å². The molecule has 0 aliphatic carbocycles. The van der Waals surface area contributed by atoms with Crippen LogP contribution in [0.25, 0.3) is 0 Å². The Morgan fingerprint density at radius 2 is 1.57 bits per heavy atom. The summed E-state index contributed by atoms with van der Waals surface area (Å²) >= 11 is 0. The number of carbonyl (C=O) groups excluding carboxylic acids is 1. The van der Waals surface area contributed by atoms with Crippen molar-refractivity contribution < 1.29 is 32.5 Å². The topological polar surface area (TPSA) is 89.5 Å².